The summed E-state index contributed by atoms with van der Waals surface area (Å²) >= 11 is 9.44. The minimum absolute atomic E-state index is 0.0721. The van der Waals surface area contributed by atoms with Gasteiger partial charge in [-0.1, -0.05) is 27.5 Å². The summed E-state index contributed by atoms with van der Waals surface area (Å²) in [6.07, 6.45) is 0.0721. The van der Waals surface area contributed by atoms with Crippen LogP contribution in [0, 0.1) is 0 Å². The van der Waals surface area contributed by atoms with Gasteiger partial charge in [0.2, 0.25) is 0 Å². The highest BCUT2D eigenvalue weighted by Crippen LogP contribution is 2.38. The molecule has 0 radical (unpaired) electrons. The molecule has 84 valence electrons. The van der Waals surface area contributed by atoms with Gasteiger partial charge in [0.05, 0.1) is 17.7 Å². The second-order valence-corrected chi connectivity index (χ2v) is 4.64. The zero-order valence-corrected chi connectivity index (χ0v) is 11.4. The van der Waals surface area contributed by atoms with E-state index in [-0.39, 0.29) is 6.10 Å². The SMILES string of the molecule is CCOc1cc(Br)cc(Cl)c1OC(C)C. The van der Waals surface area contributed by atoms with Crippen LogP contribution in [-0.4, -0.2) is 12.7 Å². The van der Waals surface area contributed by atoms with Gasteiger partial charge in [0.1, 0.15) is 0 Å². The van der Waals surface area contributed by atoms with Crippen molar-refractivity contribution >= 4 is 27.5 Å². The van der Waals surface area contributed by atoms with Crippen molar-refractivity contribution in [3.63, 3.8) is 0 Å². The van der Waals surface area contributed by atoms with Crippen LogP contribution < -0.4 is 9.47 Å². The molecule has 0 atom stereocenters. The topological polar surface area (TPSA) is 18.5 Å². The Kier molecular flexibility index (Phi) is 4.74. The Hall–Kier alpha value is -0.410. The van der Waals surface area contributed by atoms with Crippen LogP contribution >= 0.6 is 27.5 Å². The molecule has 0 aliphatic rings. The zero-order chi connectivity index (χ0) is 11.4. The highest BCUT2D eigenvalue weighted by Gasteiger charge is 2.12. The Balaban J connectivity index is 3.08. The standard InChI is InChI=1S/C11H14BrClO2/c1-4-14-10-6-8(12)5-9(13)11(10)15-7(2)3/h5-7H,4H2,1-3H3. The Morgan fingerprint density at radius 2 is 2.07 bits per heavy atom. The average molecular weight is 294 g/mol. The molecule has 0 aliphatic carbocycles. The fourth-order valence-electron chi connectivity index (χ4n) is 1.15. The van der Waals surface area contributed by atoms with Gasteiger partial charge >= 0.3 is 0 Å². The lowest BCUT2D eigenvalue weighted by Gasteiger charge is -2.16. The molecule has 15 heavy (non-hydrogen) atoms. The molecule has 2 nitrogen and oxygen atoms in total. The molecule has 0 unspecified atom stereocenters. The van der Waals surface area contributed by atoms with Crippen molar-refractivity contribution in [2.45, 2.75) is 26.9 Å². The third-order valence-electron chi connectivity index (χ3n) is 1.63. The third-order valence-corrected chi connectivity index (χ3v) is 2.37. The van der Waals surface area contributed by atoms with Gasteiger partial charge in [0, 0.05) is 4.47 Å². The van der Waals surface area contributed by atoms with Gasteiger partial charge in [-0.15, -0.1) is 0 Å². The van der Waals surface area contributed by atoms with Crippen molar-refractivity contribution in [3.05, 3.63) is 21.6 Å². The molecule has 0 bridgehead atoms. The summed E-state index contributed by atoms with van der Waals surface area (Å²) in [7, 11) is 0. The number of benzene rings is 1. The first kappa shape index (κ1) is 12.7. The second kappa shape index (κ2) is 5.61. The summed E-state index contributed by atoms with van der Waals surface area (Å²) in [5.41, 5.74) is 0. The maximum Gasteiger partial charge on any atom is 0.180 e. The van der Waals surface area contributed by atoms with E-state index in [0.717, 1.165) is 4.47 Å². The van der Waals surface area contributed by atoms with Crippen LogP contribution in [0.1, 0.15) is 20.8 Å². The number of rotatable bonds is 4. The van der Waals surface area contributed by atoms with Crippen molar-refractivity contribution in [2.75, 3.05) is 6.61 Å². The van der Waals surface area contributed by atoms with Crippen molar-refractivity contribution in [3.8, 4) is 11.5 Å². The minimum atomic E-state index is 0.0721. The fourth-order valence-corrected chi connectivity index (χ4v) is 1.97. The molecule has 0 heterocycles. The van der Waals surface area contributed by atoms with E-state index < -0.39 is 0 Å². The Morgan fingerprint density at radius 1 is 1.40 bits per heavy atom. The van der Waals surface area contributed by atoms with Gasteiger partial charge in [-0.25, -0.2) is 0 Å². The summed E-state index contributed by atoms with van der Waals surface area (Å²) < 4.78 is 11.9. The fraction of sp³-hybridized carbons (Fsp3) is 0.455. The molecule has 1 aromatic rings. The lowest BCUT2D eigenvalue weighted by Crippen LogP contribution is -2.07. The molecule has 0 fully saturated rings. The molecule has 4 heteroatoms. The molecule has 0 amide bonds. The molecule has 0 N–H and O–H groups in total. The molecule has 1 aromatic carbocycles. The highest BCUT2D eigenvalue weighted by molar-refractivity contribution is 9.10. The van der Waals surface area contributed by atoms with E-state index in [2.05, 4.69) is 15.9 Å². The van der Waals surface area contributed by atoms with Crippen LogP contribution in [0.5, 0.6) is 11.5 Å². The first-order valence-electron chi connectivity index (χ1n) is 4.83. The summed E-state index contributed by atoms with van der Waals surface area (Å²) in [4.78, 5) is 0. The molecule has 0 aliphatic heterocycles. The molecule has 0 aromatic heterocycles. The van der Waals surface area contributed by atoms with Crippen molar-refractivity contribution in [1.29, 1.82) is 0 Å². The van der Waals surface area contributed by atoms with E-state index in [0.29, 0.717) is 23.1 Å². The van der Waals surface area contributed by atoms with Gasteiger partial charge in [0.15, 0.2) is 11.5 Å². The Bertz CT molecular complexity index is 340. The third kappa shape index (κ3) is 3.58. The summed E-state index contributed by atoms with van der Waals surface area (Å²) in [6.45, 7) is 6.41. The first-order valence-corrected chi connectivity index (χ1v) is 6.00. The van der Waals surface area contributed by atoms with Crippen LogP contribution in [0.15, 0.2) is 16.6 Å². The molecule has 1 rings (SSSR count). The summed E-state index contributed by atoms with van der Waals surface area (Å²) in [5, 5.41) is 0.557. The maximum absolute atomic E-state index is 6.08. The second-order valence-electron chi connectivity index (χ2n) is 3.31. The molecule has 0 saturated carbocycles. The average Bonchev–Trinajstić information content (AvgIpc) is 2.11. The predicted octanol–water partition coefficient (Wildman–Crippen LogP) is 4.29. The summed E-state index contributed by atoms with van der Waals surface area (Å²) in [5.74, 6) is 1.28. The van der Waals surface area contributed by atoms with E-state index in [9.17, 15) is 0 Å². The largest absolute Gasteiger partial charge is 0.490 e. The maximum atomic E-state index is 6.08. The summed E-state index contributed by atoms with van der Waals surface area (Å²) in [6, 6.07) is 3.65. The van der Waals surface area contributed by atoms with Gasteiger partial charge in [-0.2, -0.15) is 0 Å². The predicted molar refractivity (Wildman–Crippen MR) is 66.1 cm³/mol. The van der Waals surface area contributed by atoms with E-state index in [1.807, 2.05) is 26.8 Å². The minimum Gasteiger partial charge on any atom is -0.490 e. The number of hydrogen-bond donors (Lipinski definition) is 0. The molecular weight excluding hydrogens is 279 g/mol. The van der Waals surface area contributed by atoms with Crippen LogP contribution in [0.3, 0.4) is 0 Å². The quantitative estimate of drug-likeness (QED) is 0.824. The van der Waals surface area contributed by atoms with Gasteiger partial charge in [-0.05, 0) is 32.9 Å². The van der Waals surface area contributed by atoms with E-state index in [1.165, 1.54) is 0 Å². The molecule has 0 saturated heterocycles. The normalized spacial score (nSPS) is 10.5. The van der Waals surface area contributed by atoms with E-state index in [1.54, 1.807) is 6.07 Å². The number of ether oxygens (including phenoxy) is 2. The van der Waals surface area contributed by atoms with Crippen LogP contribution in [0.25, 0.3) is 0 Å². The van der Waals surface area contributed by atoms with Gasteiger partial charge < -0.3 is 9.47 Å². The van der Waals surface area contributed by atoms with Crippen LogP contribution in [-0.2, 0) is 0 Å². The molecular formula is C11H14BrClO2. The lowest BCUT2D eigenvalue weighted by molar-refractivity contribution is 0.224. The number of halogens is 2. The van der Waals surface area contributed by atoms with Crippen molar-refractivity contribution in [1.82, 2.24) is 0 Å². The Labute approximate surface area is 104 Å². The smallest absolute Gasteiger partial charge is 0.180 e. The zero-order valence-electron chi connectivity index (χ0n) is 9.01. The lowest BCUT2D eigenvalue weighted by atomic mass is 10.3. The highest BCUT2D eigenvalue weighted by atomic mass is 79.9. The number of hydrogen-bond acceptors (Lipinski definition) is 2. The first-order chi connectivity index (χ1) is 7.04. The van der Waals surface area contributed by atoms with Crippen molar-refractivity contribution in [2.24, 2.45) is 0 Å². The van der Waals surface area contributed by atoms with E-state index in [4.69, 9.17) is 21.1 Å². The van der Waals surface area contributed by atoms with E-state index >= 15 is 0 Å². The van der Waals surface area contributed by atoms with Gasteiger partial charge in [0.25, 0.3) is 0 Å². The monoisotopic (exact) mass is 292 g/mol. The van der Waals surface area contributed by atoms with Crippen LogP contribution in [0.2, 0.25) is 5.02 Å². The van der Waals surface area contributed by atoms with Gasteiger partial charge in [-0.3, -0.25) is 0 Å². The molecule has 0 spiro atoms. The van der Waals surface area contributed by atoms with Crippen molar-refractivity contribution < 1.29 is 9.47 Å². The Morgan fingerprint density at radius 3 is 2.60 bits per heavy atom. The van der Waals surface area contributed by atoms with Crippen LogP contribution in [0.4, 0.5) is 0 Å².